The van der Waals surface area contributed by atoms with E-state index in [2.05, 4.69) is 10.3 Å². The average Bonchev–Trinajstić information content (AvgIpc) is 2.86. The van der Waals surface area contributed by atoms with Gasteiger partial charge >= 0.3 is 0 Å². The molecule has 3 atom stereocenters. The van der Waals surface area contributed by atoms with Crippen molar-refractivity contribution in [2.75, 3.05) is 13.2 Å². The number of nitrogens with one attached hydrogen (secondary N) is 1. The summed E-state index contributed by atoms with van der Waals surface area (Å²) in [6, 6.07) is -0.269. The number of aromatic nitrogens is 1. The van der Waals surface area contributed by atoms with E-state index in [1.807, 2.05) is 19.2 Å². The number of nitrogens with zero attached hydrogens (tertiary/aromatic N) is 1. The predicted octanol–water partition coefficient (Wildman–Crippen LogP) is 0.602. The monoisotopic (exact) mass is 255 g/mol. The fourth-order valence-electron chi connectivity index (χ4n) is 1.79. The van der Waals surface area contributed by atoms with Crippen molar-refractivity contribution < 1.29 is 9.53 Å². The van der Waals surface area contributed by atoms with Crippen molar-refractivity contribution in [3.05, 3.63) is 16.1 Å². The molecule has 1 aliphatic heterocycles. The van der Waals surface area contributed by atoms with E-state index in [4.69, 9.17) is 10.5 Å². The van der Waals surface area contributed by atoms with E-state index in [1.54, 1.807) is 11.3 Å². The Hall–Kier alpha value is -0.980. The van der Waals surface area contributed by atoms with Gasteiger partial charge in [0.2, 0.25) is 5.91 Å². The third-order valence-corrected chi connectivity index (χ3v) is 3.97. The van der Waals surface area contributed by atoms with Crippen molar-refractivity contribution in [1.82, 2.24) is 10.3 Å². The standard InChI is InChI=1S/C11H17N3O2S/c1-6-5-17-11(13-6)7(2)14-10(15)8-3-16-4-9(8)12/h5,7-9H,3-4,12H2,1-2H3,(H,14,15). The van der Waals surface area contributed by atoms with Gasteiger partial charge in [0.05, 0.1) is 25.2 Å². The van der Waals surface area contributed by atoms with Crippen LogP contribution in [0.3, 0.4) is 0 Å². The molecule has 17 heavy (non-hydrogen) atoms. The number of hydrogen-bond acceptors (Lipinski definition) is 5. The quantitative estimate of drug-likeness (QED) is 0.829. The van der Waals surface area contributed by atoms with E-state index < -0.39 is 0 Å². The van der Waals surface area contributed by atoms with Crippen LogP contribution in [0.5, 0.6) is 0 Å². The first-order valence-electron chi connectivity index (χ1n) is 5.63. The lowest BCUT2D eigenvalue weighted by atomic mass is 10.0. The molecule has 3 unspecified atom stereocenters. The number of carbonyl (C=O) groups is 1. The summed E-state index contributed by atoms with van der Waals surface area (Å²) in [5, 5.41) is 5.83. The minimum atomic E-state index is -0.237. The highest BCUT2D eigenvalue weighted by molar-refractivity contribution is 7.09. The second-order valence-corrected chi connectivity index (χ2v) is 5.25. The van der Waals surface area contributed by atoms with Gasteiger partial charge in [-0.25, -0.2) is 4.98 Å². The molecule has 0 aromatic carbocycles. The smallest absolute Gasteiger partial charge is 0.227 e. The second kappa shape index (κ2) is 5.12. The van der Waals surface area contributed by atoms with Crippen molar-refractivity contribution in [3.63, 3.8) is 0 Å². The Morgan fingerprint density at radius 3 is 3.00 bits per heavy atom. The molecule has 1 aromatic rings. The van der Waals surface area contributed by atoms with Crippen molar-refractivity contribution in [2.24, 2.45) is 11.7 Å². The fraction of sp³-hybridized carbons (Fsp3) is 0.636. The summed E-state index contributed by atoms with van der Waals surface area (Å²) in [6.45, 7) is 4.74. The van der Waals surface area contributed by atoms with Crippen molar-refractivity contribution in [1.29, 1.82) is 0 Å². The van der Waals surface area contributed by atoms with Crippen LogP contribution in [0.2, 0.25) is 0 Å². The molecule has 1 aromatic heterocycles. The zero-order chi connectivity index (χ0) is 12.4. The van der Waals surface area contributed by atoms with Gasteiger partial charge in [0.15, 0.2) is 0 Å². The third kappa shape index (κ3) is 2.83. The van der Waals surface area contributed by atoms with Crippen molar-refractivity contribution >= 4 is 17.2 Å². The van der Waals surface area contributed by atoms with Crippen molar-refractivity contribution in [3.8, 4) is 0 Å². The van der Waals surface area contributed by atoms with Crippen LogP contribution in [-0.4, -0.2) is 30.1 Å². The second-order valence-electron chi connectivity index (χ2n) is 4.37. The molecule has 0 spiro atoms. The van der Waals surface area contributed by atoms with Gasteiger partial charge in [-0.05, 0) is 13.8 Å². The zero-order valence-corrected chi connectivity index (χ0v) is 10.8. The summed E-state index contributed by atoms with van der Waals surface area (Å²) >= 11 is 1.55. The van der Waals surface area contributed by atoms with E-state index in [0.29, 0.717) is 13.2 Å². The Morgan fingerprint density at radius 2 is 2.47 bits per heavy atom. The van der Waals surface area contributed by atoms with Gasteiger partial charge in [0, 0.05) is 17.1 Å². The SMILES string of the molecule is Cc1csc(C(C)NC(=O)C2COCC2N)n1. The Kier molecular flexibility index (Phi) is 3.76. The summed E-state index contributed by atoms with van der Waals surface area (Å²) in [4.78, 5) is 16.3. The van der Waals surface area contributed by atoms with Crippen LogP contribution in [0.25, 0.3) is 0 Å². The molecule has 5 nitrogen and oxygen atoms in total. The van der Waals surface area contributed by atoms with Crippen LogP contribution in [0, 0.1) is 12.8 Å². The molecule has 0 radical (unpaired) electrons. The number of aryl methyl sites for hydroxylation is 1. The van der Waals surface area contributed by atoms with E-state index >= 15 is 0 Å². The molecule has 1 saturated heterocycles. The topological polar surface area (TPSA) is 77.2 Å². The van der Waals surface area contributed by atoms with Crippen LogP contribution >= 0.6 is 11.3 Å². The van der Waals surface area contributed by atoms with E-state index in [1.165, 1.54) is 0 Å². The van der Waals surface area contributed by atoms with Crippen LogP contribution < -0.4 is 11.1 Å². The molecule has 2 heterocycles. The maximum absolute atomic E-state index is 12.0. The van der Waals surface area contributed by atoms with Gasteiger partial charge in [-0.1, -0.05) is 0 Å². The molecule has 0 aliphatic carbocycles. The number of thiazole rings is 1. The van der Waals surface area contributed by atoms with Crippen LogP contribution in [-0.2, 0) is 9.53 Å². The first kappa shape index (κ1) is 12.5. The van der Waals surface area contributed by atoms with E-state index in [0.717, 1.165) is 10.7 Å². The Labute approximate surface area is 104 Å². The zero-order valence-electron chi connectivity index (χ0n) is 9.97. The molecule has 1 aliphatic rings. The van der Waals surface area contributed by atoms with Gasteiger partial charge in [-0.3, -0.25) is 4.79 Å². The molecule has 94 valence electrons. The number of hydrogen-bond donors (Lipinski definition) is 2. The molecule has 1 fully saturated rings. The van der Waals surface area contributed by atoms with Crippen LogP contribution in [0.1, 0.15) is 23.7 Å². The molecule has 0 bridgehead atoms. The molecule has 0 saturated carbocycles. The molecular weight excluding hydrogens is 238 g/mol. The summed E-state index contributed by atoms with van der Waals surface area (Å²) in [7, 11) is 0. The lowest BCUT2D eigenvalue weighted by Gasteiger charge is -2.16. The Balaban J connectivity index is 1.94. The summed E-state index contributed by atoms with van der Waals surface area (Å²) in [5.74, 6) is -0.283. The van der Waals surface area contributed by atoms with E-state index in [-0.39, 0.29) is 23.9 Å². The van der Waals surface area contributed by atoms with Crippen molar-refractivity contribution in [2.45, 2.75) is 25.9 Å². The number of amides is 1. The van der Waals surface area contributed by atoms with E-state index in [9.17, 15) is 4.79 Å². The highest BCUT2D eigenvalue weighted by Gasteiger charge is 2.32. The maximum Gasteiger partial charge on any atom is 0.227 e. The molecular formula is C11H17N3O2S. The van der Waals surface area contributed by atoms with Gasteiger partial charge < -0.3 is 15.8 Å². The number of ether oxygens (including phenoxy) is 1. The highest BCUT2D eigenvalue weighted by Crippen LogP contribution is 2.19. The summed E-state index contributed by atoms with van der Waals surface area (Å²) in [5.41, 5.74) is 6.78. The summed E-state index contributed by atoms with van der Waals surface area (Å²) in [6.07, 6.45) is 0. The largest absolute Gasteiger partial charge is 0.379 e. The van der Waals surface area contributed by atoms with Crippen LogP contribution in [0.15, 0.2) is 5.38 Å². The molecule has 6 heteroatoms. The van der Waals surface area contributed by atoms with Crippen LogP contribution in [0.4, 0.5) is 0 Å². The number of carbonyl (C=O) groups excluding carboxylic acids is 1. The van der Waals surface area contributed by atoms with Gasteiger partial charge in [-0.15, -0.1) is 11.3 Å². The summed E-state index contributed by atoms with van der Waals surface area (Å²) < 4.78 is 5.18. The van der Waals surface area contributed by atoms with Gasteiger partial charge in [0.1, 0.15) is 5.01 Å². The minimum Gasteiger partial charge on any atom is -0.379 e. The minimum absolute atomic E-state index is 0.0460. The maximum atomic E-state index is 12.0. The first-order chi connectivity index (χ1) is 8.08. The lowest BCUT2D eigenvalue weighted by molar-refractivity contribution is -0.125. The normalized spacial score (nSPS) is 25.8. The molecule has 1 amide bonds. The molecule has 2 rings (SSSR count). The Bertz CT molecular complexity index is 407. The third-order valence-electron chi connectivity index (χ3n) is 2.83. The first-order valence-corrected chi connectivity index (χ1v) is 6.51. The van der Waals surface area contributed by atoms with Gasteiger partial charge in [0.25, 0.3) is 0 Å². The fourth-order valence-corrected chi connectivity index (χ4v) is 2.60. The lowest BCUT2D eigenvalue weighted by Crippen LogP contribution is -2.41. The predicted molar refractivity (Wildman–Crippen MR) is 65.7 cm³/mol. The average molecular weight is 255 g/mol. The number of nitrogens with two attached hydrogens (primary N) is 1. The van der Waals surface area contributed by atoms with Gasteiger partial charge in [-0.2, -0.15) is 0 Å². The number of rotatable bonds is 3. The Morgan fingerprint density at radius 1 is 1.71 bits per heavy atom. The molecule has 3 N–H and O–H groups in total. The highest BCUT2D eigenvalue weighted by atomic mass is 32.1.